The van der Waals surface area contributed by atoms with Crippen LogP contribution >= 0.6 is 0 Å². The molecule has 0 fully saturated rings. The van der Waals surface area contributed by atoms with Gasteiger partial charge in [-0.2, -0.15) is 0 Å². The van der Waals surface area contributed by atoms with Crippen molar-refractivity contribution in [3.63, 3.8) is 0 Å². The Morgan fingerprint density at radius 2 is 1.76 bits per heavy atom. The van der Waals surface area contributed by atoms with Crippen molar-refractivity contribution in [2.45, 2.75) is 12.3 Å². The van der Waals surface area contributed by atoms with Crippen LogP contribution in [-0.4, -0.2) is 25.7 Å². The van der Waals surface area contributed by atoms with E-state index < -0.39 is 10.0 Å². The Labute approximate surface area is 145 Å². The number of rotatable bonds is 7. The summed E-state index contributed by atoms with van der Waals surface area (Å²) in [5.41, 5.74) is 1.35. The van der Waals surface area contributed by atoms with E-state index in [1.165, 1.54) is 0 Å². The first kappa shape index (κ1) is 17.1. The topological polar surface area (TPSA) is 94.3 Å². The highest BCUT2D eigenvalue weighted by Gasteiger charge is 2.16. The highest BCUT2D eigenvalue weighted by atomic mass is 32.2. The standard InChI is InChI=1S/C17H17N3O4S/c1-23-15-10-6-5-9-14(15)17-20-19-16(24-17)11-18-25(21,22)12-13-7-3-2-4-8-13/h2-10,18H,11-12H2,1H3. The van der Waals surface area contributed by atoms with E-state index in [9.17, 15) is 8.42 Å². The molecule has 25 heavy (non-hydrogen) atoms. The van der Waals surface area contributed by atoms with Gasteiger partial charge in [0.25, 0.3) is 5.89 Å². The first-order chi connectivity index (χ1) is 12.1. The van der Waals surface area contributed by atoms with Crippen molar-refractivity contribution in [3.05, 3.63) is 66.1 Å². The summed E-state index contributed by atoms with van der Waals surface area (Å²) >= 11 is 0. The van der Waals surface area contributed by atoms with Crippen LogP contribution in [-0.2, 0) is 22.3 Å². The van der Waals surface area contributed by atoms with Crippen LogP contribution < -0.4 is 9.46 Å². The maximum Gasteiger partial charge on any atom is 0.251 e. The molecule has 0 aliphatic rings. The lowest BCUT2D eigenvalue weighted by Crippen LogP contribution is -2.24. The summed E-state index contributed by atoms with van der Waals surface area (Å²) in [4.78, 5) is 0. The van der Waals surface area contributed by atoms with Gasteiger partial charge in [0.05, 0.1) is 25.0 Å². The largest absolute Gasteiger partial charge is 0.496 e. The molecule has 0 radical (unpaired) electrons. The van der Waals surface area contributed by atoms with Gasteiger partial charge in [-0.05, 0) is 17.7 Å². The van der Waals surface area contributed by atoms with E-state index in [0.29, 0.717) is 16.9 Å². The monoisotopic (exact) mass is 359 g/mol. The van der Waals surface area contributed by atoms with E-state index >= 15 is 0 Å². The molecule has 3 rings (SSSR count). The first-order valence-electron chi connectivity index (χ1n) is 7.54. The minimum absolute atomic E-state index is 0.0721. The molecular formula is C17H17N3O4S. The molecule has 8 heteroatoms. The third-order valence-electron chi connectivity index (χ3n) is 3.45. The predicted molar refractivity (Wildman–Crippen MR) is 92.2 cm³/mol. The Bertz CT molecular complexity index is 939. The Kier molecular flexibility index (Phi) is 5.11. The van der Waals surface area contributed by atoms with Gasteiger partial charge in [0.1, 0.15) is 5.75 Å². The van der Waals surface area contributed by atoms with Gasteiger partial charge in [-0.25, -0.2) is 13.1 Å². The van der Waals surface area contributed by atoms with Crippen molar-refractivity contribution in [3.8, 4) is 17.2 Å². The van der Waals surface area contributed by atoms with E-state index in [1.807, 2.05) is 18.2 Å². The molecule has 2 aromatic carbocycles. The van der Waals surface area contributed by atoms with Gasteiger partial charge >= 0.3 is 0 Å². The van der Waals surface area contributed by atoms with E-state index in [1.54, 1.807) is 43.5 Å². The van der Waals surface area contributed by atoms with Crippen molar-refractivity contribution in [1.29, 1.82) is 0 Å². The van der Waals surface area contributed by atoms with E-state index in [2.05, 4.69) is 14.9 Å². The normalized spacial score (nSPS) is 11.4. The van der Waals surface area contributed by atoms with Gasteiger partial charge in [0, 0.05) is 0 Å². The molecule has 0 aliphatic carbocycles. The number of nitrogens with one attached hydrogen (secondary N) is 1. The van der Waals surface area contributed by atoms with E-state index in [0.717, 1.165) is 0 Å². The summed E-state index contributed by atoms with van der Waals surface area (Å²) < 4.78 is 37.5. The zero-order valence-corrected chi connectivity index (χ0v) is 14.4. The number of aromatic nitrogens is 2. The van der Waals surface area contributed by atoms with Crippen molar-refractivity contribution >= 4 is 10.0 Å². The lowest BCUT2D eigenvalue weighted by molar-refractivity contribution is 0.413. The van der Waals surface area contributed by atoms with Gasteiger partial charge in [0.2, 0.25) is 15.9 Å². The molecule has 130 valence electrons. The number of hydrogen-bond acceptors (Lipinski definition) is 6. The van der Waals surface area contributed by atoms with Crippen LogP contribution in [0.2, 0.25) is 0 Å². The number of para-hydroxylation sites is 1. The third-order valence-corrected chi connectivity index (χ3v) is 4.74. The third kappa shape index (κ3) is 4.43. The zero-order chi connectivity index (χ0) is 17.7. The summed E-state index contributed by atoms with van der Waals surface area (Å²) in [7, 11) is -1.95. The molecule has 0 unspecified atom stereocenters. The summed E-state index contributed by atoms with van der Waals surface area (Å²) in [5, 5.41) is 7.83. The number of methoxy groups -OCH3 is 1. The van der Waals surface area contributed by atoms with Gasteiger partial charge in [-0.15, -0.1) is 10.2 Å². The molecule has 0 saturated carbocycles. The Hall–Kier alpha value is -2.71. The van der Waals surface area contributed by atoms with Crippen LogP contribution in [0.5, 0.6) is 5.75 Å². The molecule has 0 saturated heterocycles. The fraction of sp³-hybridized carbons (Fsp3) is 0.176. The fourth-order valence-corrected chi connectivity index (χ4v) is 3.35. The molecule has 0 spiro atoms. The van der Waals surface area contributed by atoms with Crippen LogP contribution in [0.15, 0.2) is 59.0 Å². The van der Waals surface area contributed by atoms with Gasteiger partial charge < -0.3 is 9.15 Å². The summed E-state index contributed by atoms with van der Waals surface area (Å²) in [5.74, 6) is 0.941. The lowest BCUT2D eigenvalue weighted by atomic mass is 10.2. The van der Waals surface area contributed by atoms with Crippen LogP contribution in [0.3, 0.4) is 0 Å². The summed E-state index contributed by atoms with van der Waals surface area (Å²) in [6, 6.07) is 16.2. The molecule has 7 nitrogen and oxygen atoms in total. The van der Waals surface area contributed by atoms with E-state index in [-0.39, 0.29) is 24.1 Å². The molecule has 0 atom stereocenters. The maximum absolute atomic E-state index is 12.1. The fourth-order valence-electron chi connectivity index (χ4n) is 2.27. The van der Waals surface area contributed by atoms with Gasteiger partial charge in [-0.3, -0.25) is 0 Å². The van der Waals surface area contributed by atoms with Crippen molar-refractivity contribution in [1.82, 2.24) is 14.9 Å². The number of benzene rings is 2. The SMILES string of the molecule is COc1ccccc1-c1nnc(CNS(=O)(=O)Cc2ccccc2)o1. The number of hydrogen-bond donors (Lipinski definition) is 1. The molecule has 0 amide bonds. The number of ether oxygens (including phenoxy) is 1. The van der Waals surface area contributed by atoms with Gasteiger partial charge in [-0.1, -0.05) is 42.5 Å². The second kappa shape index (κ2) is 7.45. The second-order valence-corrected chi connectivity index (χ2v) is 7.07. The highest BCUT2D eigenvalue weighted by Crippen LogP contribution is 2.28. The second-order valence-electron chi connectivity index (χ2n) is 5.27. The average Bonchev–Trinajstić information content (AvgIpc) is 3.09. The minimum atomic E-state index is -3.50. The van der Waals surface area contributed by atoms with Crippen LogP contribution in [0, 0.1) is 0 Å². The molecule has 0 bridgehead atoms. The number of sulfonamides is 1. The molecule has 1 heterocycles. The van der Waals surface area contributed by atoms with Crippen molar-refractivity contribution in [2.24, 2.45) is 0 Å². The Morgan fingerprint density at radius 3 is 2.52 bits per heavy atom. The average molecular weight is 359 g/mol. The maximum atomic E-state index is 12.1. The highest BCUT2D eigenvalue weighted by molar-refractivity contribution is 7.88. The van der Waals surface area contributed by atoms with Crippen LogP contribution in [0.1, 0.15) is 11.5 Å². The quantitative estimate of drug-likeness (QED) is 0.696. The zero-order valence-electron chi connectivity index (χ0n) is 13.5. The summed E-state index contributed by atoms with van der Waals surface area (Å²) in [6.07, 6.45) is 0. The molecule has 3 aromatic rings. The predicted octanol–water partition coefficient (Wildman–Crippen LogP) is 2.36. The van der Waals surface area contributed by atoms with Crippen molar-refractivity contribution < 1.29 is 17.6 Å². The Balaban J connectivity index is 1.67. The number of nitrogens with zero attached hydrogens (tertiary/aromatic N) is 2. The molecule has 0 aliphatic heterocycles. The summed E-state index contributed by atoms with van der Waals surface area (Å²) in [6.45, 7) is -0.0721. The Morgan fingerprint density at radius 1 is 1.04 bits per heavy atom. The van der Waals surface area contributed by atoms with Crippen LogP contribution in [0.25, 0.3) is 11.5 Å². The first-order valence-corrected chi connectivity index (χ1v) is 9.19. The van der Waals surface area contributed by atoms with Crippen molar-refractivity contribution in [2.75, 3.05) is 7.11 Å². The molecular weight excluding hydrogens is 342 g/mol. The molecule has 1 aromatic heterocycles. The van der Waals surface area contributed by atoms with Gasteiger partial charge in [0.15, 0.2) is 0 Å². The van der Waals surface area contributed by atoms with Crippen LogP contribution in [0.4, 0.5) is 0 Å². The smallest absolute Gasteiger partial charge is 0.251 e. The minimum Gasteiger partial charge on any atom is -0.496 e. The van der Waals surface area contributed by atoms with E-state index in [4.69, 9.17) is 9.15 Å². The molecule has 1 N–H and O–H groups in total. The lowest BCUT2D eigenvalue weighted by Gasteiger charge is -2.05.